The molecule has 0 heterocycles. The van der Waals surface area contributed by atoms with Crippen molar-refractivity contribution in [2.45, 2.75) is 53.4 Å². The number of hydrogen-bond acceptors (Lipinski definition) is 0. The van der Waals surface area contributed by atoms with Crippen molar-refractivity contribution in [3.8, 4) is 0 Å². The summed E-state index contributed by atoms with van der Waals surface area (Å²) in [4.78, 5) is 0. The summed E-state index contributed by atoms with van der Waals surface area (Å²) < 4.78 is 0. The van der Waals surface area contributed by atoms with Gasteiger partial charge in [0.15, 0.2) is 0 Å². The van der Waals surface area contributed by atoms with Gasteiger partial charge in [0.1, 0.15) is 0 Å². The van der Waals surface area contributed by atoms with Crippen molar-refractivity contribution in [1.82, 2.24) is 0 Å². The maximum absolute atomic E-state index is 2.36. The van der Waals surface area contributed by atoms with Crippen molar-refractivity contribution >= 4 is 0 Å². The Kier molecular flexibility index (Phi) is 6.84. The minimum atomic E-state index is 1.20. The fraction of sp³-hybridized carbons (Fsp3) is 0.667. The summed E-state index contributed by atoms with van der Waals surface area (Å²) in [5, 5.41) is 0. The molecule has 1 rings (SSSR count). The molecule has 0 amide bonds. The van der Waals surface area contributed by atoms with Crippen LogP contribution in [0.25, 0.3) is 0 Å². The van der Waals surface area contributed by atoms with Crippen LogP contribution in [0, 0.1) is 0 Å². The van der Waals surface area contributed by atoms with Gasteiger partial charge in [0, 0.05) is 0 Å². The Balaban J connectivity index is 0.000000561. The Morgan fingerprint density at radius 1 is 1.25 bits per heavy atom. The lowest BCUT2D eigenvalue weighted by Gasteiger charge is -1.94. The summed E-state index contributed by atoms with van der Waals surface area (Å²) in [6.45, 7) is 8.46. The molecule has 0 heteroatoms. The zero-order valence-corrected chi connectivity index (χ0v) is 8.98. The molecule has 0 radical (unpaired) electrons. The molecule has 0 aromatic rings. The molecule has 0 bridgehead atoms. The van der Waals surface area contributed by atoms with Gasteiger partial charge < -0.3 is 0 Å². The summed E-state index contributed by atoms with van der Waals surface area (Å²) in [5.41, 5.74) is 3.16. The molecule has 0 N–H and O–H groups in total. The zero-order chi connectivity index (χ0) is 9.40. The predicted octanol–water partition coefficient (Wildman–Crippen LogP) is 4.48. The van der Waals surface area contributed by atoms with Gasteiger partial charge in [-0.25, -0.2) is 0 Å². The van der Waals surface area contributed by atoms with Gasteiger partial charge in [0.05, 0.1) is 0 Å². The van der Waals surface area contributed by atoms with Gasteiger partial charge in [-0.3, -0.25) is 0 Å². The lowest BCUT2D eigenvalue weighted by molar-refractivity contribution is 0.887. The molecule has 0 aromatic heterocycles. The van der Waals surface area contributed by atoms with Gasteiger partial charge in [-0.05, 0) is 19.3 Å². The molecule has 0 saturated carbocycles. The average Bonchev–Trinajstić information content (AvgIpc) is 2.57. The average molecular weight is 166 g/mol. The molecule has 0 atom stereocenters. The summed E-state index contributed by atoms with van der Waals surface area (Å²) in [5.74, 6) is 0. The van der Waals surface area contributed by atoms with Crippen LogP contribution in [0.5, 0.6) is 0 Å². The molecule has 0 aromatic carbocycles. The first-order valence-corrected chi connectivity index (χ1v) is 5.25. The van der Waals surface area contributed by atoms with Crippen LogP contribution in [-0.4, -0.2) is 0 Å². The van der Waals surface area contributed by atoms with Crippen LogP contribution in [0.15, 0.2) is 23.3 Å². The molecule has 12 heavy (non-hydrogen) atoms. The van der Waals surface area contributed by atoms with Crippen molar-refractivity contribution < 1.29 is 0 Å². The Morgan fingerprint density at radius 3 is 2.33 bits per heavy atom. The molecule has 0 aliphatic heterocycles. The quantitative estimate of drug-likeness (QED) is 0.580. The smallest absolute Gasteiger partial charge is 0.0130 e. The van der Waals surface area contributed by atoms with Crippen LogP contribution in [0.4, 0.5) is 0 Å². The molecule has 0 fully saturated rings. The lowest BCUT2D eigenvalue weighted by Crippen LogP contribution is -1.74. The maximum Gasteiger partial charge on any atom is -0.0130 e. The van der Waals surface area contributed by atoms with Crippen molar-refractivity contribution in [1.29, 1.82) is 0 Å². The highest BCUT2D eigenvalue weighted by Gasteiger charge is 2.02. The van der Waals surface area contributed by atoms with E-state index in [0.717, 1.165) is 0 Å². The summed E-state index contributed by atoms with van der Waals surface area (Å²) in [6, 6.07) is 0. The summed E-state index contributed by atoms with van der Waals surface area (Å²) in [6.07, 6.45) is 9.72. The molecule has 0 saturated heterocycles. The Labute approximate surface area is 77.4 Å². The Bertz CT molecular complexity index is 161. The molecule has 0 nitrogen and oxygen atoms in total. The van der Waals surface area contributed by atoms with E-state index in [1.54, 1.807) is 5.57 Å². The van der Waals surface area contributed by atoms with Crippen LogP contribution >= 0.6 is 0 Å². The fourth-order valence-electron chi connectivity index (χ4n) is 1.38. The van der Waals surface area contributed by atoms with E-state index >= 15 is 0 Å². The van der Waals surface area contributed by atoms with Gasteiger partial charge in [-0.15, -0.1) is 0 Å². The minimum absolute atomic E-state index is 1.20. The molecule has 70 valence electrons. The number of hydrogen-bond donors (Lipinski definition) is 0. The second-order valence-electron chi connectivity index (χ2n) is 2.89. The highest BCUT2D eigenvalue weighted by atomic mass is 14.1. The maximum atomic E-state index is 2.36. The molecule has 1 aliphatic rings. The van der Waals surface area contributed by atoms with E-state index in [1.165, 1.54) is 31.3 Å². The third-order valence-electron chi connectivity index (χ3n) is 2.00. The SMILES string of the molecule is CC.CCCC1=CC(CC)=CC1. The zero-order valence-electron chi connectivity index (χ0n) is 8.98. The number of allylic oxidation sites excluding steroid dienone is 4. The van der Waals surface area contributed by atoms with Gasteiger partial charge in [0.2, 0.25) is 0 Å². The normalized spacial score (nSPS) is 14.7. The molecule has 1 aliphatic carbocycles. The second-order valence-corrected chi connectivity index (χ2v) is 2.89. The van der Waals surface area contributed by atoms with Crippen LogP contribution < -0.4 is 0 Å². The van der Waals surface area contributed by atoms with Crippen LogP contribution in [0.2, 0.25) is 0 Å². The van der Waals surface area contributed by atoms with E-state index in [1.807, 2.05) is 13.8 Å². The first-order chi connectivity index (χ1) is 5.86. The second kappa shape index (κ2) is 7.15. The van der Waals surface area contributed by atoms with Crippen molar-refractivity contribution in [3.63, 3.8) is 0 Å². The van der Waals surface area contributed by atoms with Gasteiger partial charge >= 0.3 is 0 Å². The molecule has 0 spiro atoms. The lowest BCUT2D eigenvalue weighted by atomic mass is 10.1. The summed E-state index contributed by atoms with van der Waals surface area (Å²) >= 11 is 0. The van der Waals surface area contributed by atoms with Crippen LogP contribution in [0.1, 0.15) is 53.4 Å². The molecular weight excluding hydrogens is 144 g/mol. The van der Waals surface area contributed by atoms with E-state index in [0.29, 0.717) is 0 Å². The fourth-order valence-corrected chi connectivity index (χ4v) is 1.38. The largest absolute Gasteiger partial charge is 0.0773 e. The van der Waals surface area contributed by atoms with Crippen LogP contribution in [-0.2, 0) is 0 Å². The summed E-state index contributed by atoms with van der Waals surface area (Å²) in [7, 11) is 0. The Morgan fingerprint density at radius 2 is 1.92 bits per heavy atom. The minimum Gasteiger partial charge on any atom is -0.0773 e. The first-order valence-electron chi connectivity index (χ1n) is 5.25. The third kappa shape index (κ3) is 3.75. The highest BCUT2D eigenvalue weighted by molar-refractivity contribution is 5.32. The standard InChI is InChI=1S/C10H16.C2H6/c1-3-5-10-7-6-9(4-2)8-10;1-2/h6,8H,3-5,7H2,1-2H3;1-2H3. The molecule has 0 unspecified atom stereocenters. The topological polar surface area (TPSA) is 0 Å². The van der Waals surface area contributed by atoms with E-state index in [2.05, 4.69) is 26.0 Å². The molecular formula is C12H22. The first kappa shape index (κ1) is 11.5. The number of rotatable bonds is 3. The monoisotopic (exact) mass is 166 g/mol. The van der Waals surface area contributed by atoms with Crippen LogP contribution in [0.3, 0.4) is 0 Å². The predicted molar refractivity (Wildman–Crippen MR) is 57.3 cm³/mol. The van der Waals surface area contributed by atoms with Gasteiger partial charge in [-0.1, -0.05) is 57.4 Å². The van der Waals surface area contributed by atoms with E-state index in [4.69, 9.17) is 0 Å². The van der Waals surface area contributed by atoms with Gasteiger partial charge in [0.25, 0.3) is 0 Å². The van der Waals surface area contributed by atoms with Crippen molar-refractivity contribution in [2.24, 2.45) is 0 Å². The third-order valence-corrected chi connectivity index (χ3v) is 2.00. The van der Waals surface area contributed by atoms with E-state index in [-0.39, 0.29) is 0 Å². The van der Waals surface area contributed by atoms with Crippen molar-refractivity contribution in [3.05, 3.63) is 23.3 Å². The van der Waals surface area contributed by atoms with E-state index < -0.39 is 0 Å². The van der Waals surface area contributed by atoms with Crippen molar-refractivity contribution in [2.75, 3.05) is 0 Å². The highest BCUT2D eigenvalue weighted by Crippen LogP contribution is 2.22. The van der Waals surface area contributed by atoms with E-state index in [9.17, 15) is 0 Å². The van der Waals surface area contributed by atoms with Gasteiger partial charge in [-0.2, -0.15) is 0 Å². The Hall–Kier alpha value is -0.520.